The highest BCUT2D eigenvalue weighted by Gasteiger charge is 2.14. The summed E-state index contributed by atoms with van der Waals surface area (Å²) in [6.45, 7) is 0.770. The van der Waals surface area contributed by atoms with Crippen molar-refractivity contribution in [1.29, 1.82) is 0 Å². The molecule has 0 aromatic carbocycles. The van der Waals surface area contributed by atoms with Crippen molar-refractivity contribution in [2.24, 2.45) is 11.7 Å². The minimum absolute atomic E-state index is 0.0458. The molecule has 0 radical (unpaired) electrons. The van der Waals surface area contributed by atoms with Gasteiger partial charge in [0.15, 0.2) is 0 Å². The summed E-state index contributed by atoms with van der Waals surface area (Å²) in [6.07, 6.45) is 6.64. The molecular weight excluding hydrogens is 196 g/mol. The summed E-state index contributed by atoms with van der Waals surface area (Å²) in [7, 11) is 0. The molecule has 0 bridgehead atoms. The van der Waals surface area contributed by atoms with E-state index in [0.29, 0.717) is 0 Å². The third-order valence-electron chi connectivity index (χ3n) is 2.68. The number of hydrogen-bond donors (Lipinski definition) is 2. The Morgan fingerprint density at radius 3 is 2.64 bits per heavy atom. The molecule has 1 saturated carbocycles. The van der Waals surface area contributed by atoms with Gasteiger partial charge in [0.25, 0.3) is 0 Å². The Balaban J connectivity index is 2.02. The maximum Gasteiger partial charge on any atom is 0.226 e. The molecule has 14 heavy (non-hydrogen) atoms. The Hall–Kier alpha value is -0.640. The zero-order valence-electron chi connectivity index (χ0n) is 8.42. The van der Waals surface area contributed by atoms with Crippen molar-refractivity contribution < 1.29 is 4.79 Å². The summed E-state index contributed by atoms with van der Waals surface area (Å²) < 4.78 is 0. The second-order valence-electron chi connectivity index (χ2n) is 3.93. The molecule has 1 amide bonds. The largest absolute Gasteiger partial charge is 0.393 e. The van der Waals surface area contributed by atoms with Gasteiger partial charge in [0.2, 0.25) is 5.91 Å². The van der Waals surface area contributed by atoms with Gasteiger partial charge in [-0.1, -0.05) is 37.9 Å². The molecule has 1 rings (SSSR count). The van der Waals surface area contributed by atoms with Crippen molar-refractivity contribution in [2.45, 2.75) is 38.5 Å². The van der Waals surface area contributed by atoms with Gasteiger partial charge < -0.3 is 11.1 Å². The predicted octanol–water partition coefficient (Wildman–Crippen LogP) is 1.36. The average molecular weight is 214 g/mol. The normalized spacial score (nSPS) is 16.9. The van der Waals surface area contributed by atoms with E-state index in [1.54, 1.807) is 0 Å². The zero-order chi connectivity index (χ0) is 10.4. The lowest BCUT2D eigenvalue weighted by Crippen LogP contribution is -2.29. The number of hydrogen-bond acceptors (Lipinski definition) is 2. The van der Waals surface area contributed by atoms with Crippen LogP contribution in [0.15, 0.2) is 0 Å². The third kappa shape index (κ3) is 4.56. The number of amides is 1. The SMILES string of the molecule is NC(=S)CC(=O)NCCC1CCCC1. The fourth-order valence-electron chi connectivity index (χ4n) is 1.94. The number of nitrogens with two attached hydrogens (primary N) is 1. The zero-order valence-corrected chi connectivity index (χ0v) is 9.24. The highest BCUT2D eigenvalue weighted by molar-refractivity contribution is 7.80. The number of rotatable bonds is 5. The van der Waals surface area contributed by atoms with Crippen molar-refractivity contribution in [1.82, 2.24) is 5.32 Å². The molecule has 3 nitrogen and oxygen atoms in total. The minimum Gasteiger partial charge on any atom is -0.393 e. The molecule has 1 fully saturated rings. The summed E-state index contributed by atoms with van der Waals surface area (Å²) in [5.41, 5.74) is 5.26. The van der Waals surface area contributed by atoms with E-state index in [9.17, 15) is 4.79 Å². The number of thiocarbonyl (C=S) groups is 1. The van der Waals surface area contributed by atoms with Crippen molar-refractivity contribution in [3.8, 4) is 0 Å². The molecule has 0 unspecified atom stereocenters. The van der Waals surface area contributed by atoms with Crippen molar-refractivity contribution in [2.75, 3.05) is 6.54 Å². The van der Waals surface area contributed by atoms with E-state index in [2.05, 4.69) is 17.5 Å². The first kappa shape index (κ1) is 11.4. The fraction of sp³-hybridized carbons (Fsp3) is 0.800. The quantitative estimate of drug-likeness (QED) is 0.679. The maximum absolute atomic E-state index is 11.1. The highest BCUT2D eigenvalue weighted by Crippen LogP contribution is 2.26. The molecule has 0 aromatic rings. The Labute approximate surface area is 90.4 Å². The minimum atomic E-state index is -0.0458. The third-order valence-corrected chi connectivity index (χ3v) is 2.83. The lowest BCUT2D eigenvalue weighted by atomic mass is 10.0. The Morgan fingerprint density at radius 1 is 1.43 bits per heavy atom. The van der Waals surface area contributed by atoms with Crippen LogP contribution in [0.5, 0.6) is 0 Å². The van der Waals surface area contributed by atoms with E-state index in [-0.39, 0.29) is 17.3 Å². The summed E-state index contributed by atoms with van der Waals surface area (Å²) in [6, 6.07) is 0. The van der Waals surface area contributed by atoms with Crippen LogP contribution in [0, 0.1) is 5.92 Å². The lowest BCUT2D eigenvalue weighted by molar-refractivity contribution is -0.119. The van der Waals surface area contributed by atoms with E-state index in [0.717, 1.165) is 18.9 Å². The highest BCUT2D eigenvalue weighted by atomic mass is 32.1. The number of carbonyl (C=O) groups excluding carboxylic acids is 1. The van der Waals surface area contributed by atoms with Gasteiger partial charge in [0.1, 0.15) is 0 Å². The van der Waals surface area contributed by atoms with E-state index in [1.165, 1.54) is 25.7 Å². The summed E-state index contributed by atoms with van der Waals surface area (Å²) in [5, 5.41) is 2.83. The van der Waals surface area contributed by atoms with Crippen LogP contribution in [0.3, 0.4) is 0 Å². The first-order valence-corrected chi connectivity index (χ1v) is 5.64. The van der Waals surface area contributed by atoms with E-state index < -0.39 is 0 Å². The van der Waals surface area contributed by atoms with Gasteiger partial charge in [0.05, 0.1) is 11.4 Å². The van der Waals surface area contributed by atoms with Crippen LogP contribution < -0.4 is 11.1 Å². The molecular formula is C10H18N2OS. The van der Waals surface area contributed by atoms with Crippen LogP contribution in [0.25, 0.3) is 0 Å². The molecule has 0 aromatic heterocycles. The van der Waals surface area contributed by atoms with Crippen molar-refractivity contribution in [3.63, 3.8) is 0 Å². The van der Waals surface area contributed by atoms with Gasteiger partial charge in [0, 0.05) is 6.54 Å². The fourth-order valence-corrected chi connectivity index (χ4v) is 2.07. The topological polar surface area (TPSA) is 55.1 Å². The Bertz CT molecular complexity index is 212. The summed E-state index contributed by atoms with van der Waals surface area (Å²) >= 11 is 4.65. The van der Waals surface area contributed by atoms with Crippen LogP contribution in [0.4, 0.5) is 0 Å². The second kappa shape index (κ2) is 5.96. The summed E-state index contributed by atoms with van der Waals surface area (Å²) in [4.78, 5) is 11.4. The van der Waals surface area contributed by atoms with Gasteiger partial charge in [-0.2, -0.15) is 0 Å². The van der Waals surface area contributed by atoms with Gasteiger partial charge in [-0.25, -0.2) is 0 Å². The monoisotopic (exact) mass is 214 g/mol. The van der Waals surface area contributed by atoms with E-state index >= 15 is 0 Å². The number of carbonyl (C=O) groups is 1. The predicted molar refractivity (Wildman–Crippen MR) is 61.0 cm³/mol. The van der Waals surface area contributed by atoms with E-state index in [1.807, 2.05) is 0 Å². The molecule has 0 spiro atoms. The second-order valence-corrected chi connectivity index (χ2v) is 4.46. The van der Waals surface area contributed by atoms with Gasteiger partial charge in [-0.15, -0.1) is 0 Å². The van der Waals surface area contributed by atoms with Crippen LogP contribution >= 0.6 is 12.2 Å². The molecule has 3 N–H and O–H groups in total. The first-order valence-electron chi connectivity index (χ1n) is 5.23. The van der Waals surface area contributed by atoms with Crippen LogP contribution in [0.2, 0.25) is 0 Å². The Morgan fingerprint density at radius 2 is 2.07 bits per heavy atom. The van der Waals surface area contributed by atoms with E-state index in [4.69, 9.17) is 5.73 Å². The van der Waals surface area contributed by atoms with Crippen molar-refractivity contribution in [3.05, 3.63) is 0 Å². The smallest absolute Gasteiger partial charge is 0.226 e. The van der Waals surface area contributed by atoms with Crippen molar-refractivity contribution >= 4 is 23.1 Å². The molecule has 0 atom stereocenters. The summed E-state index contributed by atoms with van der Waals surface area (Å²) in [5.74, 6) is 0.774. The number of nitrogens with one attached hydrogen (secondary N) is 1. The maximum atomic E-state index is 11.1. The standard InChI is InChI=1S/C10H18N2OS/c11-9(14)7-10(13)12-6-5-8-3-1-2-4-8/h8H,1-7H2,(H2,11,14)(H,12,13). The molecule has 0 heterocycles. The van der Waals surface area contributed by atoms with Gasteiger partial charge in [-0.3, -0.25) is 4.79 Å². The van der Waals surface area contributed by atoms with Crippen LogP contribution in [0.1, 0.15) is 38.5 Å². The molecule has 1 aliphatic rings. The molecule has 80 valence electrons. The average Bonchev–Trinajstić information content (AvgIpc) is 2.55. The molecule has 4 heteroatoms. The first-order chi connectivity index (χ1) is 6.68. The van der Waals surface area contributed by atoms with Crippen LogP contribution in [-0.2, 0) is 4.79 Å². The molecule has 0 aliphatic heterocycles. The molecule has 0 saturated heterocycles. The van der Waals surface area contributed by atoms with Gasteiger partial charge in [-0.05, 0) is 12.3 Å². The lowest BCUT2D eigenvalue weighted by Gasteiger charge is -2.09. The molecule has 1 aliphatic carbocycles. The van der Waals surface area contributed by atoms with Gasteiger partial charge >= 0.3 is 0 Å². The Kier molecular flexibility index (Phi) is 4.87. The van der Waals surface area contributed by atoms with Crippen LogP contribution in [-0.4, -0.2) is 17.4 Å².